The molecule has 3 nitrogen and oxygen atoms in total. The molecule has 0 saturated heterocycles. The van der Waals surface area contributed by atoms with Crippen LogP contribution < -0.4 is 10.1 Å². The molecule has 102 valence electrons. The van der Waals surface area contributed by atoms with Crippen LogP contribution in [0.5, 0.6) is 5.75 Å². The van der Waals surface area contributed by atoms with Crippen LogP contribution in [0.2, 0.25) is 0 Å². The Balaban J connectivity index is 2.58. The second kappa shape index (κ2) is 8.51. The number of halogens is 1. The number of aliphatic hydroxyl groups is 1. The van der Waals surface area contributed by atoms with Gasteiger partial charge in [0.05, 0.1) is 12.7 Å². The summed E-state index contributed by atoms with van der Waals surface area (Å²) in [5.41, 5.74) is 1.11. The van der Waals surface area contributed by atoms with Gasteiger partial charge >= 0.3 is 0 Å². The molecule has 1 aromatic rings. The van der Waals surface area contributed by atoms with E-state index >= 15 is 0 Å². The van der Waals surface area contributed by atoms with Crippen molar-refractivity contribution < 1.29 is 9.84 Å². The molecule has 0 aromatic heterocycles. The zero-order valence-corrected chi connectivity index (χ0v) is 12.7. The number of benzene rings is 1. The molecule has 0 fully saturated rings. The summed E-state index contributed by atoms with van der Waals surface area (Å²) in [6.45, 7) is 6.10. The van der Waals surface area contributed by atoms with Gasteiger partial charge in [-0.1, -0.05) is 29.8 Å². The van der Waals surface area contributed by atoms with Crippen molar-refractivity contribution in [3.05, 3.63) is 28.2 Å². The van der Waals surface area contributed by atoms with Crippen LogP contribution in [0.15, 0.2) is 22.7 Å². The Hall–Kier alpha value is -0.580. The van der Waals surface area contributed by atoms with Gasteiger partial charge in [-0.2, -0.15) is 0 Å². The molecular weight excluding hydrogens is 294 g/mol. The second-order valence-electron chi connectivity index (χ2n) is 4.29. The van der Waals surface area contributed by atoms with E-state index in [9.17, 15) is 5.11 Å². The topological polar surface area (TPSA) is 41.5 Å². The van der Waals surface area contributed by atoms with Gasteiger partial charge in [-0.05, 0) is 31.0 Å². The van der Waals surface area contributed by atoms with E-state index in [0.717, 1.165) is 35.2 Å². The average Bonchev–Trinajstić information content (AvgIpc) is 2.37. The maximum Gasteiger partial charge on any atom is 0.123 e. The number of hydrogen-bond donors (Lipinski definition) is 2. The van der Waals surface area contributed by atoms with Gasteiger partial charge in [0.2, 0.25) is 0 Å². The van der Waals surface area contributed by atoms with Gasteiger partial charge in [-0.15, -0.1) is 0 Å². The van der Waals surface area contributed by atoms with Crippen LogP contribution in [0, 0.1) is 0 Å². The van der Waals surface area contributed by atoms with Gasteiger partial charge in [0.1, 0.15) is 5.75 Å². The zero-order valence-electron chi connectivity index (χ0n) is 11.1. The van der Waals surface area contributed by atoms with Crippen LogP contribution in [0.1, 0.15) is 32.3 Å². The highest BCUT2D eigenvalue weighted by Crippen LogP contribution is 2.23. The first-order valence-corrected chi connectivity index (χ1v) is 7.26. The maximum atomic E-state index is 9.50. The van der Waals surface area contributed by atoms with Gasteiger partial charge < -0.3 is 15.2 Å². The summed E-state index contributed by atoms with van der Waals surface area (Å²) in [6, 6.07) is 6.01. The van der Waals surface area contributed by atoms with Crippen molar-refractivity contribution in [2.45, 2.75) is 39.3 Å². The zero-order chi connectivity index (χ0) is 13.4. The lowest BCUT2D eigenvalue weighted by atomic mass is 10.2. The third-order valence-electron chi connectivity index (χ3n) is 2.65. The highest BCUT2D eigenvalue weighted by atomic mass is 79.9. The van der Waals surface area contributed by atoms with Crippen LogP contribution in [0.4, 0.5) is 0 Å². The summed E-state index contributed by atoms with van der Waals surface area (Å²) >= 11 is 3.47. The van der Waals surface area contributed by atoms with Crippen LogP contribution in [-0.4, -0.2) is 24.4 Å². The van der Waals surface area contributed by atoms with E-state index < -0.39 is 0 Å². The lowest BCUT2D eigenvalue weighted by Crippen LogP contribution is -2.25. The molecule has 0 spiro atoms. The van der Waals surface area contributed by atoms with E-state index in [0.29, 0.717) is 13.1 Å². The van der Waals surface area contributed by atoms with Crippen molar-refractivity contribution in [2.75, 3.05) is 13.2 Å². The first kappa shape index (κ1) is 15.5. The molecule has 0 saturated carbocycles. The van der Waals surface area contributed by atoms with Gasteiger partial charge in [-0.25, -0.2) is 0 Å². The summed E-state index contributed by atoms with van der Waals surface area (Å²) in [4.78, 5) is 0. The molecule has 18 heavy (non-hydrogen) atoms. The largest absolute Gasteiger partial charge is 0.493 e. The normalized spacial score (nSPS) is 12.4. The SMILES string of the molecule is CCCOc1ccc(Br)cc1CNCC(O)CC. The highest BCUT2D eigenvalue weighted by molar-refractivity contribution is 9.10. The maximum absolute atomic E-state index is 9.50. The molecule has 2 N–H and O–H groups in total. The van der Waals surface area contributed by atoms with Gasteiger partial charge in [0, 0.05) is 23.1 Å². The predicted octanol–water partition coefficient (Wildman–Crippen LogP) is 3.10. The number of rotatable bonds is 8. The summed E-state index contributed by atoms with van der Waals surface area (Å²) in [5.74, 6) is 0.915. The molecule has 1 unspecified atom stereocenters. The molecule has 0 amide bonds. The molecule has 0 aliphatic carbocycles. The van der Waals surface area contributed by atoms with Crippen molar-refractivity contribution in [1.82, 2.24) is 5.32 Å². The standard InChI is InChI=1S/C14H22BrNO2/c1-3-7-18-14-6-5-12(15)8-11(14)9-16-10-13(17)4-2/h5-6,8,13,16-17H,3-4,7,9-10H2,1-2H3. The Bertz CT molecular complexity index is 358. The lowest BCUT2D eigenvalue weighted by Gasteiger charge is -2.13. The second-order valence-corrected chi connectivity index (χ2v) is 5.21. The number of hydrogen-bond acceptors (Lipinski definition) is 3. The fourth-order valence-electron chi connectivity index (χ4n) is 1.56. The summed E-state index contributed by atoms with van der Waals surface area (Å²) < 4.78 is 6.74. The van der Waals surface area contributed by atoms with Crippen molar-refractivity contribution in [2.24, 2.45) is 0 Å². The minimum Gasteiger partial charge on any atom is -0.493 e. The molecule has 0 aliphatic heterocycles. The van der Waals surface area contributed by atoms with Crippen LogP contribution in [-0.2, 0) is 6.54 Å². The van der Waals surface area contributed by atoms with Gasteiger partial charge in [0.15, 0.2) is 0 Å². The van der Waals surface area contributed by atoms with E-state index in [-0.39, 0.29) is 6.10 Å². The molecule has 1 atom stereocenters. The Labute approximate surface area is 118 Å². The smallest absolute Gasteiger partial charge is 0.123 e. The molecule has 0 radical (unpaired) electrons. The van der Waals surface area contributed by atoms with E-state index in [4.69, 9.17) is 4.74 Å². The fourth-order valence-corrected chi connectivity index (χ4v) is 1.97. The van der Waals surface area contributed by atoms with E-state index in [1.54, 1.807) is 0 Å². The van der Waals surface area contributed by atoms with Crippen molar-refractivity contribution in [3.63, 3.8) is 0 Å². The molecule has 0 heterocycles. The van der Waals surface area contributed by atoms with E-state index in [2.05, 4.69) is 34.2 Å². The molecule has 4 heteroatoms. The lowest BCUT2D eigenvalue weighted by molar-refractivity contribution is 0.167. The van der Waals surface area contributed by atoms with Crippen LogP contribution >= 0.6 is 15.9 Å². The minimum atomic E-state index is -0.280. The third-order valence-corrected chi connectivity index (χ3v) is 3.14. The van der Waals surface area contributed by atoms with Crippen LogP contribution in [0.3, 0.4) is 0 Å². The minimum absolute atomic E-state index is 0.280. The van der Waals surface area contributed by atoms with Crippen LogP contribution in [0.25, 0.3) is 0 Å². The molecule has 0 bridgehead atoms. The molecular formula is C14H22BrNO2. The number of ether oxygens (including phenoxy) is 1. The summed E-state index contributed by atoms with van der Waals surface area (Å²) in [5, 5.41) is 12.7. The van der Waals surface area contributed by atoms with Gasteiger partial charge in [-0.3, -0.25) is 0 Å². The Morgan fingerprint density at radius 2 is 2.17 bits per heavy atom. The van der Waals surface area contributed by atoms with E-state index in [1.165, 1.54) is 0 Å². The third kappa shape index (κ3) is 5.38. The van der Waals surface area contributed by atoms with Crippen molar-refractivity contribution >= 4 is 15.9 Å². The molecule has 1 aromatic carbocycles. The van der Waals surface area contributed by atoms with Gasteiger partial charge in [0.25, 0.3) is 0 Å². The first-order valence-electron chi connectivity index (χ1n) is 6.47. The Morgan fingerprint density at radius 1 is 1.39 bits per heavy atom. The van der Waals surface area contributed by atoms with Crippen molar-refractivity contribution in [1.29, 1.82) is 0 Å². The highest BCUT2D eigenvalue weighted by Gasteiger charge is 2.06. The molecule has 0 aliphatic rings. The predicted molar refractivity (Wildman–Crippen MR) is 77.9 cm³/mol. The Morgan fingerprint density at radius 3 is 2.83 bits per heavy atom. The summed E-state index contributed by atoms with van der Waals surface area (Å²) in [6.07, 6.45) is 1.49. The molecule has 1 rings (SSSR count). The fraction of sp³-hybridized carbons (Fsp3) is 0.571. The average molecular weight is 316 g/mol. The number of aliphatic hydroxyl groups excluding tert-OH is 1. The summed E-state index contributed by atoms with van der Waals surface area (Å²) in [7, 11) is 0. The first-order chi connectivity index (χ1) is 8.67. The number of nitrogens with one attached hydrogen (secondary N) is 1. The monoisotopic (exact) mass is 315 g/mol. The quantitative estimate of drug-likeness (QED) is 0.774. The van der Waals surface area contributed by atoms with Crippen molar-refractivity contribution in [3.8, 4) is 5.75 Å². The van der Waals surface area contributed by atoms with E-state index in [1.807, 2.05) is 19.1 Å². The Kier molecular flexibility index (Phi) is 7.32.